The molecule has 2 aromatic carbocycles. The molecule has 3 fully saturated rings. The van der Waals surface area contributed by atoms with Crippen molar-refractivity contribution in [2.45, 2.75) is 96.6 Å². The van der Waals surface area contributed by atoms with Gasteiger partial charge in [-0.1, -0.05) is 30.3 Å². The summed E-state index contributed by atoms with van der Waals surface area (Å²) in [4.78, 5) is 24.6. The summed E-state index contributed by atoms with van der Waals surface area (Å²) in [6, 6.07) is 13.2. The number of carbonyl (C=O) groups is 1. The first-order valence-electron chi connectivity index (χ1n) is 14.7. The summed E-state index contributed by atoms with van der Waals surface area (Å²) in [6.45, 7) is 14.1. The first-order valence-corrected chi connectivity index (χ1v) is 15.5. The lowest BCUT2D eigenvalue weighted by atomic mass is 9.78. The van der Waals surface area contributed by atoms with Gasteiger partial charge < -0.3 is 19.0 Å². The molecule has 2 saturated heterocycles. The van der Waals surface area contributed by atoms with E-state index < -0.39 is 5.60 Å². The van der Waals surface area contributed by atoms with E-state index in [9.17, 15) is 4.79 Å². The number of nitrogens with one attached hydrogen (secondary N) is 1. The van der Waals surface area contributed by atoms with Crippen LogP contribution in [0, 0.1) is 5.92 Å². The summed E-state index contributed by atoms with van der Waals surface area (Å²) < 4.78 is 19.6. The fourth-order valence-corrected chi connectivity index (χ4v) is 7.79. The smallest absolute Gasteiger partial charge is 0.444 e. The summed E-state index contributed by atoms with van der Waals surface area (Å²) in [6.07, 6.45) is 4.85. The van der Waals surface area contributed by atoms with E-state index in [0.29, 0.717) is 5.92 Å². The van der Waals surface area contributed by atoms with E-state index in [4.69, 9.17) is 19.0 Å². The van der Waals surface area contributed by atoms with Gasteiger partial charge in [0.15, 0.2) is 0 Å². The Hall–Kier alpha value is -2.88. The molecular formula is C32H38BN3O4S. The molecule has 2 aromatic heterocycles. The van der Waals surface area contributed by atoms with Crippen LogP contribution in [0.5, 0.6) is 0 Å². The van der Waals surface area contributed by atoms with Gasteiger partial charge in [-0.2, -0.15) is 0 Å². The molecule has 7 nitrogen and oxygen atoms in total. The fourth-order valence-electron chi connectivity index (χ4n) is 6.63. The highest BCUT2D eigenvalue weighted by molar-refractivity contribution is 7.23. The second kappa shape index (κ2) is 9.06. The average Bonchev–Trinajstić information content (AvgIpc) is 3.70. The zero-order chi connectivity index (χ0) is 28.9. The van der Waals surface area contributed by atoms with Crippen molar-refractivity contribution in [3.63, 3.8) is 0 Å². The number of hydrogen-bond acceptors (Lipinski definition) is 6. The Kier molecular flexibility index (Phi) is 5.96. The molecule has 1 saturated carbocycles. The number of ether oxygens (including phenoxy) is 1. The Morgan fingerprint density at radius 2 is 1.80 bits per heavy atom. The first-order chi connectivity index (χ1) is 19.3. The van der Waals surface area contributed by atoms with Crippen LogP contribution < -0.4 is 5.46 Å². The summed E-state index contributed by atoms with van der Waals surface area (Å²) >= 11 is 1.76. The number of benzene rings is 2. The van der Waals surface area contributed by atoms with Crippen LogP contribution in [0.15, 0.2) is 42.6 Å². The molecule has 41 heavy (non-hydrogen) atoms. The summed E-state index contributed by atoms with van der Waals surface area (Å²) in [7, 11) is -0.381. The minimum absolute atomic E-state index is 0.0686. The van der Waals surface area contributed by atoms with Crippen LogP contribution in [0.3, 0.4) is 0 Å². The van der Waals surface area contributed by atoms with E-state index in [1.54, 1.807) is 11.3 Å². The van der Waals surface area contributed by atoms with Crippen molar-refractivity contribution in [1.29, 1.82) is 0 Å². The van der Waals surface area contributed by atoms with Crippen molar-refractivity contribution in [3.05, 3.63) is 48.4 Å². The molecule has 1 amide bonds. The zero-order valence-electron chi connectivity index (χ0n) is 24.9. The van der Waals surface area contributed by atoms with Gasteiger partial charge in [-0.25, -0.2) is 9.78 Å². The molecule has 1 N–H and O–H groups in total. The second-order valence-electron chi connectivity index (χ2n) is 13.9. The molecule has 3 aliphatic rings. The van der Waals surface area contributed by atoms with Crippen LogP contribution in [-0.2, 0) is 14.0 Å². The van der Waals surface area contributed by atoms with Crippen LogP contribution in [0.2, 0.25) is 0 Å². The van der Waals surface area contributed by atoms with Crippen molar-refractivity contribution < 1.29 is 18.8 Å². The maximum atomic E-state index is 13.2. The molecule has 214 valence electrons. The maximum absolute atomic E-state index is 13.2. The lowest BCUT2D eigenvalue weighted by molar-refractivity contribution is 0.00578. The standard InChI is InChI=1S/C32H38BN3O4S/c1-30(2,3)38-29(37)36-22-12-10-19(15-22)26(36)28-34-17-24(35-28)25-16-20-9-8-18-14-21(11-13-23(18)27(20)41-25)33-39-31(4,5)32(6,7)40-33/h8-9,11,13-14,16-17,19,22,26H,10,12,15H2,1-7H3,(H,34,35)/t19-,22+,26?/m0/s1. The molecule has 4 aromatic rings. The molecule has 4 heterocycles. The second-order valence-corrected chi connectivity index (χ2v) is 15.0. The number of thiophene rings is 1. The van der Waals surface area contributed by atoms with Gasteiger partial charge in [0, 0.05) is 10.7 Å². The Morgan fingerprint density at radius 1 is 1.07 bits per heavy atom. The lowest BCUT2D eigenvalue weighted by Gasteiger charge is -2.35. The first kappa shape index (κ1) is 27.0. The van der Waals surface area contributed by atoms with E-state index in [2.05, 4.69) is 69.1 Å². The third-order valence-electron chi connectivity index (χ3n) is 9.38. The average molecular weight is 572 g/mol. The third-order valence-corrected chi connectivity index (χ3v) is 10.6. The summed E-state index contributed by atoms with van der Waals surface area (Å²) in [5.41, 5.74) is 0.748. The number of imidazole rings is 1. The molecule has 1 aliphatic carbocycles. The number of carbonyl (C=O) groups excluding carboxylic acids is 1. The SMILES string of the molecule is CC(C)(C)OC(=O)N1C(c2ncc(-c3cc4ccc5cc(B6OC(C)(C)C(C)(C)O6)ccc5c4s3)[nH]2)[C@H]2CC[C@@H]1C2. The molecule has 2 bridgehead atoms. The van der Waals surface area contributed by atoms with Gasteiger partial charge in [0.1, 0.15) is 11.4 Å². The van der Waals surface area contributed by atoms with Gasteiger partial charge in [-0.15, -0.1) is 11.3 Å². The van der Waals surface area contributed by atoms with E-state index in [-0.39, 0.29) is 36.5 Å². The number of H-pyrrole nitrogens is 1. The van der Waals surface area contributed by atoms with Crippen molar-refractivity contribution in [2.24, 2.45) is 5.92 Å². The predicted octanol–water partition coefficient (Wildman–Crippen LogP) is 7.20. The molecule has 7 rings (SSSR count). The van der Waals surface area contributed by atoms with E-state index in [0.717, 1.165) is 41.1 Å². The van der Waals surface area contributed by atoms with Gasteiger partial charge in [-0.05, 0) is 101 Å². The highest BCUT2D eigenvalue weighted by Gasteiger charge is 2.52. The maximum Gasteiger partial charge on any atom is 0.494 e. The molecule has 0 radical (unpaired) electrons. The summed E-state index contributed by atoms with van der Waals surface area (Å²) in [5.74, 6) is 1.27. The highest BCUT2D eigenvalue weighted by Crippen LogP contribution is 2.50. The molecular weight excluding hydrogens is 533 g/mol. The largest absolute Gasteiger partial charge is 0.494 e. The van der Waals surface area contributed by atoms with Crippen LogP contribution in [0.1, 0.15) is 79.6 Å². The zero-order valence-corrected chi connectivity index (χ0v) is 25.7. The summed E-state index contributed by atoms with van der Waals surface area (Å²) in [5, 5.41) is 3.58. The fraction of sp³-hybridized carbons (Fsp3) is 0.500. The van der Waals surface area contributed by atoms with Crippen LogP contribution >= 0.6 is 11.3 Å². The van der Waals surface area contributed by atoms with Gasteiger partial charge in [0.25, 0.3) is 0 Å². The van der Waals surface area contributed by atoms with E-state index in [1.807, 2.05) is 31.9 Å². The normalized spacial score (nSPS) is 25.1. The molecule has 9 heteroatoms. The molecule has 2 aliphatic heterocycles. The Bertz CT molecular complexity index is 1650. The quantitative estimate of drug-likeness (QED) is 0.263. The number of piperidine rings is 1. The Labute approximate surface area is 245 Å². The van der Waals surface area contributed by atoms with Gasteiger partial charge in [-0.3, -0.25) is 4.90 Å². The van der Waals surface area contributed by atoms with Gasteiger partial charge >= 0.3 is 13.2 Å². The highest BCUT2D eigenvalue weighted by atomic mass is 32.1. The molecule has 3 atom stereocenters. The van der Waals surface area contributed by atoms with Gasteiger partial charge in [0.2, 0.25) is 0 Å². The molecule has 0 spiro atoms. The van der Waals surface area contributed by atoms with Crippen LogP contribution in [0.25, 0.3) is 31.4 Å². The number of rotatable bonds is 3. The number of likely N-dealkylation sites (tertiary alicyclic amines) is 1. The molecule has 1 unspecified atom stereocenters. The van der Waals surface area contributed by atoms with Crippen molar-refractivity contribution in [1.82, 2.24) is 14.9 Å². The monoisotopic (exact) mass is 571 g/mol. The number of fused-ring (bicyclic) bond motifs is 5. The third kappa shape index (κ3) is 4.48. The Morgan fingerprint density at radius 3 is 2.54 bits per heavy atom. The van der Waals surface area contributed by atoms with Gasteiger partial charge in [0.05, 0.1) is 34.0 Å². The number of aromatic nitrogens is 2. The predicted molar refractivity (Wildman–Crippen MR) is 165 cm³/mol. The number of aromatic amines is 1. The van der Waals surface area contributed by atoms with E-state index >= 15 is 0 Å². The van der Waals surface area contributed by atoms with Crippen molar-refractivity contribution in [2.75, 3.05) is 0 Å². The Balaban J connectivity index is 1.18. The number of nitrogens with zero attached hydrogens (tertiary/aromatic N) is 2. The van der Waals surface area contributed by atoms with Crippen LogP contribution in [-0.4, -0.2) is 50.9 Å². The lowest BCUT2D eigenvalue weighted by Crippen LogP contribution is -2.43. The minimum atomic E-state index is -0.525. The van der Waals surface area contributed by atoms with Crippen LogP contribution in [0.4, 0.5) is 4.79 Å². The number of hydrogen-bond donors (Lipinski definition) is 1. The van der Waals surface area contributed by atoms with Crippen molar-refractivity contribution in [3.8, 4) is 10.6 Å². The van der Waals surface area contributed by atoms with Crippen molar-refractivity contribution >= 4 is 50.9 Å². The number of amides is 1. The van der Waals surface area contributed by atoms with E-state index in [1.165, 1.54) is 20.9 Å². The minimum Gasteiger partial charge on any atom is -0.444 e. The topological polar surface area (TPSA) is 76.7 Å².